The lowest BCUT2D eigenvalue weighted by atomic mass is 10.1. The van der Waals surface area contributed by atoms with Gasteiger partial charge in [0.15, 0.2) is 0 Å². The highest BCUT2D eigenvalue weighted by molar-refractivity contribution is 5.77. The largest absolute Gasteiger partial charge is 0.243 e. The van der Waals surface area contributed by atoms with Crippen LogP contribution >= 0.6 is 0 Å². The van der Waals surface area contributed by atoms with Crippen molar-refractivity contribution in [3.63, 3.8) is 0 Å². The molecule has 1 radical (unpaired) electrons. The van der Waals surface area contributed by atoms with Crippen LogP contribution in [0.15, 0.2) is 22.8 Å². The Labute approximate surface area is 64.0 Å². The summed E-state index contributed by atoms with van der Waals surface area (Å²) >= 11 is 0. The topological polar surface area (TPSA) is 38.9 Å². The number of hydrogen-bond donors (Lipinski definition) is 0. The number of nitrogens with zero attached hydrogens (tertiary/aromatic N) is 2. The monoisotopic (exact) mass is 147 g/mol. The Morgan fingerprint density at radius 3 is 3.09 bits per heavy atom. The number of aromatic nitrogens is 2. The predicted octanol–water partition coefficient (Wildman–Crippen LogP) is 1.80. The summed E-state index contributed by atoms with van der Waals surface area (Å²) in [6, 6.07) is 5.78. The van der Waals surface area contributed by atoms with Crippen LogP contribution in [0.3, 0.4) is 0 Å². The molecule has 0 atom stereocenters. The van der Waals surface area contributed by atoms with Crippen molar-refractivity contribution in [3.05, 3.63) is 30.2 Å². The van der Waals surface area contributed by atoms with E-state index in [0.717, 1.165) is 16.6 Å². The summed E-state index contributed by atoms with van der Waals surface area (Å²) in [6.07, 6.45) is 1.98. The Hall–Kier alpha value is -1.38. The highest BCUT2D eigenvalue weighted by Crippen LogP contribution is 2.15. The number of rotatable bonds is 1. The summed E-state index contributed by atoms with van der Waals surface area (Å²) in [7, 11) is 0. The first kappa shape index (κ1) is 6.34. The smallest absolute Gasteiger partial charge is 0.138 e. The maximum Gasteiger partial charge on any atom is 0.138 e. The van der Waals surface area contributed by atoms with Crippen molar-refractivity contribution in [2.24, 2.45) is 0 Å². The van der Waals surface area contributed by atoms with Gasteiger partial charge in [-0.05, 0) is 28.4 Å². The fraction of sp³-hybridized carbons (Fsp3) is 0.125. The van der Waals surface area contributed by atoms with E-state index < -0.39 is 0 Å². The summed E-state index contributed by atoms with van der Waals surface area (Å²) < 4.78 is 4.59. The van der Waals surface area contributed by atoms with Gasteiger partial charge in [-0.3, -0.25) is 0 Å². The third-order valence-corrected chi connectivity index (χ3v) is 1.63. The molecule has 0 N–H and O–H groups in total. The molecule has 0 aliphatic carbocycles. The molecule has 0 saturated carbocycles. The van der Waals surface area contributed by atoms with Crippen LogP contribution in [0, 0.1) is 6.42 Å². The number of fused-ring (bicyclic) bond motifs is 1. The molecule has 0 aliphatic rings. The van der Waals surface area contributed by atoms with Crippen molar-refractivity contribution < 1.29 is 4.63 Å². The fourth-order valence-electron chi connectivity index (χ4n) is 1.06. The van der Waals surface area contributed by atoms with E-state index in [0.29, 0.717) is 0 Å². The molecule has 0 unspecified atom stereocenters. The summed E-state index contributed by atoms with van der Waals surface area (Å²) in [5, 5.41) is 7.49. The molecule has 0 fully saturated rings. The fourth-order valence-corrected chi connectivity index (χ4v) is 1.06. The molecule has 1 heterocycles. The zero-order valence-electron chi connectivity index (χ0n) is 6.11. The van der Waals surface area contributed by atoms with Gasteiger partial charge >= 0.3 is 0 Å². The van der Waals surface area contributed by atoms with Gasteiger partial charge in [-0.15, -0.1) is 0 Å². The first-order valence-electron chi connectivity index (χ1n) is 3.42. The van der Waals surface area contributed by atoms with E-state index in [2.05, 4.69) is 14.9 Å². The van der Waals surface area contributed by atoms with Gasteiger partial charge in [0.1, 0.15) is 11.0 Å². The molecule has 3 heteroatoms. The molecular weight excluding hydrogens is 140 g/mol. The van der Waals surface area contributed by atoms with Crippen LogP contribution in [0.2, 0.25) is 0 Å². The molecule has 1 aromatic heterocycles. The molecule has 11 heavy (non-hydrogen) atoms. The summed E-state index contributed by atoms with van der Waals surface area (Å²) in [5.74, 6) is 0. The van der Waals surface area contributed by atoms with Crippen molar-refractivity contribution in [2.45, 2.75) is 6.92 Å². The molecule has 55 valence electrons. The van der Waals surface area contributed by atoms with Gasteiger partial charge in [0, 0.05) is 0 Å². The van der Waals surface area contributed by atoms with E-state index >= 15 is 0 Å². The maximum atomic E-state index is 4.59. The minimum absolute atomic E-state index is 0.806. The van der Waals surface area contributed by atoms with Gasteiger partial charge in [-0.1, -0.05) is 19.1 Å². The SMILES string of the molecule is C[CH]c1cccc2nonc12. The molecule has 0 bridgehead atoms. The van der Waals surface area contributed by atoms with Crippen molar-refractivity contribution in [3.8, 4) is 0 Å². The second kappa shape index (κ2) is 2.34. The Kier molecular flexibility index (Phi) is 1.35. The van der Waals surface area contributed by atoms with Crippen LogP contribution in [0.25, 0.3) is 11.0 Å². The van der Waals surface area contributed by atoms with E-state index in [9.17, 15) is 0 Å². The Morgan fingerprint density at radius 2 is 2.27 bits per heavy atom. The molecule has 0 aliphatic heterocycles. The standard InChI is InChI=1S/C8H7N2O/c1-2-6-4-3-5-7-8(6)10-11-9-7/h2-5H,1H3. The van der Waals surface area contributed by atoms with Crippen molar-refractivity contribution >= 4 is 11.0 Å². The normalized spacial score (nSPS) is 10.6. The highest BCUT2D eigenvalue weighted by atomic mass is 16.6. The first-order valence-corrected chi connectivity index (χ1v) is 3.42. The Morgan fingerprint density at radius 1 is 1.36 bits per heavy atom. The molecule has 2 rings (SSSR count). The summed E-state index contributed by atoms with van der Waals surface area (Å²) in [5.41, 5.74) is 2.69. The van der Waals surface area contributed by atoms with Gasteiger partial charge in [0.2, 0.25) is 0 Å². The van der Waals surface area contributed by atoms with Crippen LogP contribution < -0.4 is 0 Å². The van der Waals surface area contributed by atoms with Crippen LogP contribution in [0.5, 0.6) is 0 Å². The van der Waals surface area contributed by atoms with Gasteiger partial charge in [0.25, 0.3) is 0 Å². The molecule has 3 nitrogen and oxygen atoms in total. The average molecular weight is 147 g/mol. The van der Waals surface area contributed by atoms with Gasteiger partial charge < -0.3 is 0 Å². The highest BCUT2D eigenvalue weighted by Gasteiger charge is 2.02. The maximum absolute atomic E-state index is 4.59. The van der Waals surface area contributed by atoms with Gasteiger partial charge in [-0.25, -0.2) is 4.63 Å². The van der Waals surface area contributed by atoms with E-state index in [1.54, 1.807) is 0 Å². The summed E-state index contributed by atoms with van der Waals surface area (Å²) in [6.45, 7) is 1.96. The van der Waals surface area contributed by atoms with Gasteiger partial charge in [-0.2, -0.15) is 0 Å². The molecule has 0 amide bonds. The third-order valence-electron chi connectivity index (χ3n) is 1.63. The Balaban J connectivity index is 2.79. The van der Waals surface area contributed by atoms with Gasteiger partial charge in [0.05, 0.1) is 0 Å². The molecule has 0 saturated heterocycles. The second-order valence-electron chi connectivity index (χ2n) is 2.27. The lowest BCUT2D eigenvalue weighted by molar-refractivity contribution is 0.315. The van der Waals surface area contributed by atoms with E-state index in [4.69, 9.17) is 0 Å². The molecular formula is C8H7N2O. The number of hydrogen-bond acceptors (Lipinski definition) is 3. The van der Waals surface area contributed by atoms with Crippen LogP contribution in [-0.4, -0.2) is 10.3 Å². The zero-order valence-corrected chi connectivity index (χ0v) is 6.11. The van der Waals surface area contributed by atoms with Crippen molar-refractivity contribution in [2.75, 3.05) is 0 Å². The summed E-state index contributed by atoms with van der Waals surface area (Å²) in [4.78, 5) is 0. The van der Waals surface area contributed by atoms with Crippen LogP contribution in [0.1, 0.15) is 12.5 Å². The van der Waals surface area contributed by atoms with Crippen LogP contribution in [-0.2, 0) is 0 Å². The lowest BCUT2D eigenvalue weighted by Gasteiger charge is -1.91. The third kappa shape index (κ3) is 0.888. The van der Waals surface area contributed by atoms with Crippen LogP contribution in [0.4, 0.5) is 0 Å². The zero-order chi connectivity index (χ0) is 7.68. The quantitative estimate of drug-likeness (QED) is 0.617. The lowest BCUT2D eigenvalue weighted by Crippen LogP contribution is -1.78. The van der Waals surface area contributed by atoms with Crippen molar-refractivity contribution in [1.82, 2.24) is 10.3 Å². The number of benzene rings is 1. The molecule has 0 spiro atoms. The first-order chi connectivity index (χ1) is 5.42. The average Bonchev–Trinajstić information content (AvgIpc) is 2.50. The van der Waals surface area contributed by atoms with E-state index in [1.807, 2.05) is 31.5 Å². The van der Waals surface area contributed by atoms with E-state index in [-0.39, 0.29) is 0 Å². The van der Waals surface area contributed by atoms with Crippen molar-refractivity contribution in [1.29, 1.82) is 0 Å². The Bertz CT molecular complexity index is 367. The van der Waals surface area contributed by atoms with E-state index in [1.165, 1.54) is 0 Å². The minimum Gasteiger partial charge on any atom is -0.243 e. The molecule has 2 aromatic rings. The molecule has 1 aromatic carbocycles. The predicted molar refractivity (Wildman–Crippen MR) is 40.9 cm³/mol. The minimum atomic E-state index is 0.806. The second-order valence-corrected chi connectivity index (χ2v) is 2.27.